The first-order valence-corrected chi connectivity index (χ1v) is 8.07. The van der Waals surface area contributed by atoms with E-state index in [-0.39, 0.29) is 11.5 Å². The molecule has 0 spiro atoms. The highest BCUT2D eigenvalue weighted by molar-refractivity contribution is 5.83. The van der Waals surface area contributed by atoms with Gasteiger partial charge in [-0.3, -0.25) is 4.79 Å². The van der Waals surface area contributed by atoms with E-state index in [4.69, 9.17) is 0 Å². The van der Waals surface area contributed by atoms with Gasteiger partial charge in [-0.05, 0) is 43.6 Å². The number of carbonyl (C=O) groups is 1. The Morgan fingerprint density at radius 2 is 2.00 bits per heavy atom. The lowest BCUT2D eigenvalue weighted by molar-refractivity contribution is -0.138. The third-order valence-corrected chi connectivity index (χ3v) is 5.00. The van der Waals surface area contributed by atoms with Crippen LogP contribution >= 0.6 is 0 Å². The molecule has 2 aliphatic rings. The third-order valence-electron chi connectivity index (χ3n) is 5.00. The molecule has 0 saturated carbocycles. The Kier molecular flexibility index (Phi) is 4.88. The minimum absolute atomic E-state index is 0.0315. The van der Waals surface area contributed by atoms with Crippen molar-refractivity contribution in [1.29, 1.82) is 0 Å². The summed E-state index contributed by atoms with van der Waals surface area (Å²) in [5.41, 5.74) is 0.107. The third kappa shape index (κ3) is 3.50. The lowest BCUT2D eigenvalue weighted by Gasteiger charge is -2.42. The van der Waals surface area contributed by atoms with Crippen LogP contribution in [0, 0.1) is 11.3 Å². The summed E-state index contributed by atoms with van der Waals surface area (Å²) in [5, 5.41) is 3.45. The van der Waals surface area contributed by atoms with Crippen LogP contribution in [-0.2, 0) is 4.79 Å². The highest BCUT2D eigenvalue weighted by Crippen LogP contribution is 2.32. The maximum absolute atomic E-state index is 12.7. The molecule has 2 aliphatic heterocycles. The molecule has 1 N–H and O–H groups in total. The number of piperidine rings is 2. The van der Waals surface area contributed by atoms with E-state index in [0.29, 0.717) is 5.91 Å². The molecule has 110 valence electrons. The molecule has 3 heteroatoms. The van der Waals surface area contributed by atoms with Crippen molar-refractivity contribution < 1.29 is 4.79 Å². The van der Waals surface area contributed by atoms with Crippen LogP contribution in [0.4, 0.5) is 0 Å². The second kappa shape index (κ2) is 6.25. The van der Waals surface area contributed by atoms with Gasteiger partial charge < -0.3 is 10.2 Å². The zero-order valence-electron chi connectivity index (χ0n) is 12.9. The van der Waals surface area contributed by atoms with Crippen molar-refractivity contribution in [3.05, 3.63) is 0 Å². The molecule has 1 amide bonds. The van der Waals surface area contributed by atoms with Crippen molar-refractivity contribution in [1.82, 2.24) is 10.2 Å². The number of carbonyl (C=O) groups excluding carboxylic acids is 1. The molecule has 2 rings (SSSR count). The van der Waals surface area contributed by atoms with Crippen molar-refractivity contribution in [2.75, 3.05) is 19.6 Å². The molecule has 2 saturated heterocycles. The van der Waals surface area contributed by atoms with Crippen molar-refractivity contribution >= 4 is 5.91 Å². The van der Waals surface area contributed by atoms with Gasteiger partial charge in [-0.25, -0.2) is 0 Å². The fourth-order valence-corrected chi connectivity index (χ4v) is 3.67. The standard InChI is InChI=1S/C16H30N2O/c1-4-6-13-7-11-18(12-8-13)15(19)14-16(2,3)9-5-10-17-14/h13-14,17H,4-12H2,1-3H3. The molecule has 2 heterocycles. The predicted molar refractivity (Wildman–Crippen MR) is 79.0 cm³/mol. The fourth-order valence-electron chi connectivity index (χ4n) is 3.67. The van der Waals surface area contributed by atoms with Crippen LogP contribution in [-0.4, -0.2) is 36.5 Å². The number of hydrogen-bond donors (Lipinski definition) is 1. The summed E-state index contributed by atoms with van der Waals surface area (Å²) < 4.78 is 0. The van der Waals surface area contributed by atoms with Crippen LogP contribution < -0.4 is 5.32 Å². The van der Waals surface area contributed by atoms with E-state index in [1.165, 1.54) is 32.1 Å². The summed E-state index contributed by atoms with van der Waals surface area (Å²) in [4.78, 5) is 14.8. The summed E-state index contributed by atoms with van der Waals surface area (Å²) in [6.45, 7) is 9.64. The molecule has 0 aliphatic carbocycles. The first-order chi connectivity index (χ1) is 9.04. The van der Waals surface area contributed by atoms with Gasteiger partial charge in [0.2, 0.25) is 5.91 Å². The van der Waals surface area contributed by atoms with Gasteiger partial charge >= 0.3 is 0 Å². The normalized spacial score (nSPS) is 28.4. The topological polar surface area (TPSA) is 32.3 Å². The number of likely N-dealkylation sites (tertiary alicyclic amines) is 1. The molecule has 0 radical (unpaired) electrons. The van der Waals surface area contributed by atoms with Crippen LogP contribution in [0.15, 0.2) is 0 Å². The summed E-state index contributed by atoms with van der Waals surface area (Å²) in [6, 6.07) is 0.0315. The van der Waals surface area contributed by atoms with Gasteiger partial charge in [-0.1, -0.05) is 33.6 Å². The average molecular weight is 266 g/mol. The lowest BCUT2D eigenvalue weighted by Crippen LogP contribution is -2.57. The zero-order chi connectivity index (χ0) is 13.9. The van der Waals surface area contributed by atoms with E-state index >= 15 is 0 Å². The zero-order valence-corrected chi connectivity index (χ0v) is 12.9. The van der Waals surface area contributed by atoms with E-state index in [1.54, 1.807) is 0 Å². The Morgan fingerprint density at radius 1 is 1.32 bits per heavy atom. The molecule has 3 nitrogen and oxygen atoms in total. The van der Waals surface area contributed by atoms with Crippen molar-refractivity contribution in [3.8, 4) is 0 Å². The number of nitrogens with zero attached hydrogens (tertiary/aromatic N) is 1. The minimum atomic E-state index is 0.0315. The summed E-state index contributed by atoms with van der Waals surface area (Å²) in [7, 11) is 0. The first kappa shape index (κ1) is 14.8. The second-order valence-electron chi connectivity index (χ2n) is 7.04. The lowest BCUT2D eigenvalue weighted by atomic mass is 9.76. The second-order valence-corrected chi connectivity index (χ2v) is 7.04. The highest BCUT2D eigenvalue weighted by Gasteiger charge is 2.39. The number of amides is 1. The molecule has 1 unspecified atom stereocenters. The molecule has 1 atom stereocenters. The van der Waals surface area contributed by atoms with Gasteiger partial charge in [0.05, 0.1) is 6.04 Å². The SMILES string of the molecule is CCCC1CCN(C(=O)C2NCCCC2(C)C)CC1. The summed E-state index contributed by atoms with van der Waals surface area (Å²) in [5.74, 6) is 1.20. The largest absolute Gasteiger partial charge is 0.341 e. The van der Waals surface area contributed by atoms with Gasteiger partial charge in [0.15, 0.2) is 0 Å². The Morgan fingerprint density at radius 3 is 2.58 bits per heavy atom. The Balaban J connectivity index is 1.90. The molecule has 0 aromatic heterocycles. The molecule has 2 fully saturated rings. The first-order valence-electron chi connectivity index (χ1n) is 8.07. The molecular weight excluding hydrogens is 236 g/mol. The van der Waals surface area contributed by atoms with Gasteiger partial charge in [-0.2, -0.15) is 0 Å². The summed E-state index contributed by atoms with van der Waals surface area (Å²) >= 11 is 0. The maximum Gasteiger partial charge on any atom is 0.240 e. The van der Waals surface area contributed by atoms with E-state index in [1.807, 2.05) is 0 Å². The van der Waals surface area contributed by atoms with Crippen molar-refractivity contribution in [3.63, 3.8) is 0 Å². The Labute approximate surface area is 118 Å². The van der Waals surface area contributed by atoms with Crippen molar-refractivity contribution in [2.24, 2.45) is 11.3 Å². The fraction of sp³-hybridized carbons (Fsp3) is 0.938. The van der Waals surface area contributed by atoms with Crippen LogP contribution in [0.1, 0.15) is 59.3 Å². The van der Waals surface area contributed by atoms with Gasteiger partial charge in [0.1, 0.15) is 0 Å². The van der Waals surface area contributed by atoms with Crippen LogP contribution in [0.3, 0.4) is 0 Å². The summed E-state index contributed by atoms with van der Waals surface area (Å²) in [6.07, 6.45) is 7.35. The van der Waals surface area contributed by atoms with E-state index < -0.39 is 0 Å². The quantitative estimate of drug-likeness (QED) is 0.852. The Hall–Kier alpha value is -0.570. The van der Waals surface area contributed by atoms with E-state index in [2.05, 4.69) is 31.0 Å². The van der Waals surface area contributed by atoms with Crippen molar-refractivity contribution in [2.45, 2.75) is 65.3 Å². The molecule has 19 heavy (non-hydrogen) atoms. The molecular formula is C16H30N2O. The van der Waals surface area contributed by atoms with Gasteiger partial charge in [-0.15, -0.1) is 0 Å². The molecule has 0 aromatic carbocycles. The Bertz CT molecular complexity index is 306. The average Bonchev–Trinajstić information content (AvgIpc) is 2.39. The predicted octanol–water partition coefficient (Wildman–Crippen LogP) is 2.80. The van der Waals surface area contributed by atoms with E-state index in [0.717, 1.165) is 32.0 Å². The number of rotatable bonds is 3. The highest BCUT2D eigenvalue weighted by atomic mass is 16.2. The van der Waals surface area contributed by atoms with Gasteiger partial charge in [0, 0.05) is 13.1 Å². The van der Waals surface area contributed by atoms with E-state index in [9.17, 15) is 4.79 Å². The molecule has 0 aromatic rings. The molecule has 0 bridgehead atoms. The van der Waals surface area contributed by atoms with Crippen LogP contribution in [0.5, 0.6) is 0 Å². The number of hydrogen-bond acceptors (Lipinski definition) is 2. The number of nitrogens with one attached hydrogen (secondary N) is 1. The monoisotopic (exact) mass is 266 g/mol. The maximum atomic E-state index is 12.7. The smallest absolute Gasteiger partial charge is 0.240 e. The van der Waals surface area contributed by atoms with Gasteiger partial charge in [0.25, 0.3) is 0 Å². The van der Waals surface area contributed by atoms with Crippen LogP contribution in [0.2, 0.25) is 0 Å². The minimum Gasteiger partial charge on any atom is -0.341 e. The van der Waals surface area contributed by atoms with Crippen LogP contribution in [0.25, 0.3) is 0 Å².